The Labute approximate surface area is 200 Å². The van der Waals surface area contributed by atoms with Gasteiger partial charge in [0, 0.05) is 24.7 Å². The first kappa shape index (κ1) is 23.7. The molecule has 2 aliphatic heterocycles. The highest BCUT2D eigenvalue weighted by molar-refractivity contribution is 6.21. The molecule has 0 atom stereocenters. The van der Waals surface area contributed by atoms with Gasteiger partial charge in [-0.3, -0.25) is 29.4 Å². The van der Waals surface area contributed by atoms with E-state index in [0.717, 1.165) is 10.5 Å². The van der Waals surface area contributed by atoms with E-state index in [-0.39, 0.29) is 19.4 Å². The van der Waals surface area contributed by atoms with E-state index in [0.29, 0.717) is 41.5 Å². The molecule has 11 heteroatoms. The van der Waals surface area contributed by atoms with Crippen molar-refractivity contribution in [2.75, 3.05) is 31.7 Å². The first-order chi connectivity index (χ1) is 16.8. The monoisotopic (exact) mass is 481 g/mol. The molecule has 0 unspecified atom stereocenters. The van der Waals surface area contributed by atoms with Gasteiger partial charge in [0.1, 0.15) is 13.2 Å². The van der Waals surface area contributed by atoms with Crippen molar-refractivity contribution >= 4 is 35.4 Å². The van der Waals surface area contributed by atoms with Gasteiger partial charge in [0.15, 0.2) is 18.1 Å². The third-order valence-corrected chi connectivity index (χ3v) is 5.31. The van der Waals surface area contributed by atoms with Crippen LogP contribution in [0.25, 0.3) is 0 Å². The molecule has 2 N–H and O–H groups in total. The number of aryl methyl sites for hydroxylation is 1. The molecule has 0 aliphatic carbocycles. The maximum Gasteiger partial charge on any atom is 0.325 e. The molecule has 0 saturated carbocycles. The number of rotatable bonds is 7. The third kappa shape index (κ3) is 5.57. The topological polar surface area (TPSA) is 140 Å². The van der Waals surface area contributed by atoms with Gasteiger partial charge in [-0.1, -0.05) is 11.6 Å². The first-order valence-electron chi connectivity index (χ1n) is 10.9. The van der Waals surface area contributed by atoms with Crippen LogP contribution in [0.4, 0.5) is 10.5 Å². The van der Waals surface area contributed by atoms with Crippen molar-refractivity contribution in [1.29, 1.82) is 0 Å². The number of amides is 5. The number of imide groups is 2. The first-order valence-corrected chi connectivity index (χ1v) is 10.9. The van der Waals surface area contributed by atoms with E-state index in [4.69, 9.17) is 14.2 Å². The maximum atomic E-state index is 12.4. The van der Waals surface area contributed by atoms with E-state index in [1.807, 2.05) is 6.92 Å². The molecule has 0 spiro atoms. The Kier molecular flexibility index (Phi) is 6.95. The molecule has 4 rings (SSSR count). The Bertz CT molecular complexity index is 1210. The Balaban J connectivity index is 1.16. The Morgan fingerprint density at radius 1 is 0.971 bits per heavy atom. The number of esters is 1. The molecule has 2 aromatic carbocycles. The zero-order valence-electron chi connectivity index (χ0n) is 18.9. The summed E-state index contributed by atoms with van der Waals surface area (Å²) in [6.45, 7) is 2.06. The van der Waals surface area contributed by atoms with E-state index in [1.54, 1.807) is 36.4 Å². The van der Waals surface area contributed by atoms with Crippen molar-refractivity contribution in [2.24, 2.45) is 0 Å². The molecule has 2 aromatic rings. The molecule has 0 radical (unpaired) electrons. The van der Waals surface area contributed by atoms with Gasteiger partial charge in [0.2, 0.25) is 0 Å². The molecule has 0 aromatic heterocycles. The second kappa shape index (κ2) is 10.2. The minimum absolute atomic E-state index is 0.0463. The predicted octanol–water partition coefficient (Wildman–Crippen LogP) is 2.03. The van der Waals surface area contributed by atoms with Crippen LogP contribution in [-0.2, 0) is 14.3 Å². The van der Waals surface area contributed by atoms with Crippen LogP contribution >= 0.6 is 0 Å². The number of anilines is 1. The number of hydrogen-bond acceptors (Lipinski definition) is 8. The summed E-state index contributed by atoms with van der Waals surface area (Å²) in [4.78, 5) is 61.8. The number of nitrogens with zero attached hydrogens (tertiary/aromatic N) is 1. The zero-order valence-corrected chi connectivity index (χ0v) is 18.9. The minimum Gasteiger partial charge on any atom is -0.486 e. The van der Waals surface area contributed by atoms with E-state index >= 15 is 0 Å². The summed E-state index contributed by atoms with van der Waals surface area (Å²) in [6.07, 6.45) is 0.0681. The average molecular weight is 481 g/mol. The standard InChI is InChI=1S/C24H23N3O8/c1-14-4-6-16-17(11-14)23(31)27(22(16)30)8-2-3-21(29)35-13-20(28)26-24(32)25-15-5-7-18-19(12-15)34-10-9-33-18/h4-7,11-12H,2-3,8-10,13H2,1H3,(H2,25,26,28,32). The minimum atomic E-state index is -0.816. The van der Waals surface area contributed by atoms with Gasteiger partial charge in [0.05, 0.1) is 11.1 Å². The molecule has 0 fully saturated rings. The average Bonchev–Trinajstić information content (AvgIpc) is 3.06. The maximum absolute atomic E-state index is 12.4. The van der Waals surface area contributed by atoms with Crippen molar-refractivity contribution < 1.29 is 38.2 Å². The highest BCUT2D eigenvalue weighted by Gasteiger charge is 2.35. The van der Waals surface area contributed by atoms with Crippen molar-refractivity contribution in [3.8, 4) is 11.5 Å². The summed E-state index contributed by atoms with van der Waals surface area (Å²) in [7, 11) is 0. The summed E-state index contributed by atoms with van der Waals surface area (Å²) in [5, 5.41) is 4.53. The number of ether oxygens (including phenoxy) is 3. The fraction of sp³-hybridized carbons (Fsp3) is 0.292. The second-order valence-corrected chi connectivity index (χ2v) is 7.94. The van der Waals surface area contributed by atoms with Crippen LogP contribution in [0.2, 0.25) is 0 Å². The lowest BCUT2D eigenvalue weighted by atomic mass is 10.1. The summed E-state index contributed by atoms with van der Waals surface area (Å²) in [6, 6.07) is 9.02. The van der Waals surface area contributed by atoms with Gasteiger partial charge in [-0.15, -0.1) is 0 Å². The van der Waals surface area contributed by atoms with Gasteiger partial charge in [-0.2, -0.15) is 0 Å². The number of hydrogen-bond donors (Lipinski definition) is 2. The van der Waals surface area contributed by atoms with Crippen LogP contribution in [0.1, 0.15) is 39.1 Å². The van der Waals surface area contributed by atoms with Crippen molar-refractivity contribution in [1.82, 2.24) is 10.2 Å². The molecule has 5 amide bonds. The molecule has 0 saturated heterocycles. The normalized spacial score (nSPS) is 13.8. The van der Waals surface area contributed by atoms with Crippen molar-refractivity contribution in [2.45, 2.75) is 19.8 Å². The fourth-order valence-electron chi connectivity index (χ4n) is 3.65. The highest BCUT2D eigenvalue weighted by Crippen LogP contribution is 2.32. The number of urea groups is 1. The van der Waals surface area contributed by atoms with Gasteiger partial charge >= 0.3 is 12.0 Å². The summed E-state index contributed by atoms with van der Waals surface area (Å²) in [5.41, 5.74) is 1.95. The summed E-state index contributed by atoms with van der Waals surface area (Å²) in [5.74, 6) is -1.27. The largest absolute Gasteiger partial charge is 0.486 e. The van der Waals surface area contributed by atoms with E-state index < -0.39 is 36.3 Å². The zero-order chi connectivity index (χ0) is 24.9. The number of fused-ring (bicyclic) bond motifs is 2. The molecule has 182 valence electrons. The van der Waals surface area contributed by atoms with Crippen LogP contribution in [-0.4, -0.2) is 61.0 Å². The highest BCUT2D eigenvalue weighted by atomic mass is 16.6. The molecular weight excluding hydrogens is 458 g/mol. The second-order valence-electron chi connectivity index (χ2n) is 7.94. The summed E-state index contributed by atoms with van der Waals surface area (Å²) >= 11 is 0. The lowest BCUT2D eigenvalue weighted by Crippen LogP contribution is -2.37. The predicted molar refractivity (Wildman–Crippen MR) is 121 cm³/mol. The molecule has 0 bridgehead atoms. The van der Waals surface area contributed by atoms with Gasteiger partial charge in [-0.25, -0.2) is 4.79 Å². The molecule has 35 heavy (non-hydrogen) atoms. The molecule has 2 aliphatic rings. The number of nitrogens with one attached hydrogen (secondary N) is 2. The van der Waals surface area contributed by atoms with E-state index in [1.165, 1.54) is 0 Å². The van der Waals surface area contributed by atoms with E-state index in [2.05, 4.69) is 10.6 Å². The van der Waals surface area contributed by atoms with Gasteiger partial charge < -0.3 is 19.5 Å². The van der Waals surface area contributed by atoms with E-state index in [9.17, 15) is 24.0 Å². The SMILES string of the molecule is Cc1ccc2c(c1)C(=O)N(CCCC(=O)OCC(=O)NC(=O)Nc1ccc3c(c1)OCCO3)C2=O. The fourth-order valence-corrected chi connectivity index (χ4v) is 3.65. The third-order valence-electron chi connectivity index (χ3n) is 5.31. The molecular formula is C24H23N3O8. The lowest BCUT2D eigenvalue weighted by Gasteiger charge is -2.19. The Morgan fingerprint density at radius 3 is 2.51 bits per heavy atom. The van der Waals surface area contributed by atoms with Crippen LogP contribution in [0.5, 0.6) is 11.5 Å². The number of benzene rings is 2. The van der Waals surface area contributed by atoms with Gasteiger partial charge in [-0.05, 0) is 37.6 Å². The smallest absolute Gasteiger partial charge is 0.325 e. The summed E-state index contributed by atoms with van der Waals surface area (Å²) < 4.78 is 15.7. The quantitative estimate of drug-likeness (QED) is 0.452. The Morgan fingerprint density at radius 2 is 1.71 bits per heavy atom. The van der Waals surface area contributed by atoms with Crippen molar-refractivity contribution in [3.63, 3.8) is 0 Å². The molecule has 11 nitrogen and oxygen atoms in total. The molecule has 2 heterocycles. The van der Waals surface area contributed by atoms with Crippen LogP contribution in [0.15, 0.2) is 36.4 Å². The van der Waals surface area contributed by atoms with Crippen LogP contribution < -0.4 is 20.1 Å². The Hall–Kier alpha value is -4.41. The number of carbonyl (C=O) groups is 5. The lowest BCUT2D eigenvalue weighted by molar-refractivity contribution is -0.148. The van der Waals surface area contributed by atoms with Crippen LogP contribution in [0, 0.1) is 6.92 Å². The number of carbonyl (C=O) groups excluding carboxylic acids is 5. The van der Waals surface area contributed by atoms with Crippen molar-refractivity contribution in [3.05, 3.63) is 53.1 Å². The van der Waals surface area contributed by atoms with Gasteiger partial charge in [0.25, 0.3) is 17.7 Å². The van der Waals surface area contributed by atoms with Crippen LogP contribution in [0.3, 0.4) is 0 Å².